The quantitative estimate of drug-likeness (QED) is 0.421. The van der Waals surface area contributed by atoms with E-state index >= 15 is 0 Å². The van der Waals surface area contributed by atoms with Crippen molar-refractivity contribution in [2.24, 2.45) is 5.92 Å². The van der Waals surface area contributed by atoms with Crippen LogP contribution in [0, 0.1) is 18.3 Å². The first kappa shape index (κ1) is 17.7. The highest BCUT2D eigenvalue weighted by Gasteiger charge is 2.25. The largest absolute Gasteiger partial charge is 0.232 e. The van der Waals surface area contributed by atoms with Crippen LogP contribution in [0.3, 0.4) is 0 Å². The summed E-state index contributed by atoms with van der Waals surface area (Å²) in [7, 11) is 3.99. The molecule has 0 amide bonds. The summed E-state index contributed by atoms with van der Waals surface area (Å²) in [4.78, 5) is 0. The lowest BCUT2D eigenvalue weighted by atomic mass is 9.88. The maximum atomic E-state index is 5.68. The Morgan fingerprint density at radius 1 is 1.00 bits per heavy atom. The zero-order valence-corrected chi connectivity index (χ0v) is 15.4. The second kappa shape index (κ2) is 7.85. The van der Waals surface area contributed by atoms with Gasteiger partial charge in [-0.3, -0.25) is 0 Å². The van der Waals surface area contributed by atoms with Crippen LogP contribution >= 0.6 is 0 Å². The molecule has 1 heteroatoms. The van der Waals surface area contributed by atoms with E-state index in [-0.39, 0.29) is 5.92 Å². The first-order valence-electron chi connectivity index (χ1n) is 8.84. The number of rotatable bonds is 4. The van der Waals surface area contributed by atoms with E-state index in [1.54, 1.807) is 0 Å². The van der Waals surface area contributed by atoms with Crippen molar-refractivity contribution >= 4 is 11.3 Å². The summed E-state index contributed by atoms with van der Waals surface area (Å²) in [6.07, 6.45) is 10.9. The van der Waals surface area contributed by atoms with Crippen molar-refractivity contribution in [3.8, 4) is 12.3 Å². The average Bonchev–Trinajstić information content (AvgIpc) is 3.02. The molecule has 0 aromatic heterocycles. The minimum Gasteiger partial charge on any atom is -0.232 e. The molecular formula is C25H24N+. The van der Waals surface area contributed by atoms with Crippen molar-refractivity contribution in [3.05, 3.63) is 102 Å². The van der Waals surface area contributed by atoms with Crippen molar-refractivity contribution < 1.29 is 4.58 Å². The summed E-state index contributed by atoms with van der Waals surface area (Å²) in [6, 6.07) is 21.0. The number of allylic oxidation sites excluding steroid dienone is 4. The Hall–Kier alpha value is -3.11. The van der Waals surface area contributed by atoms with Gasteiger partial charge in [0.2, 0.25) is 5.71 Å². The van der Waals surface area contributed by atoms with E-state index in [1.807, 2.05) is 30.8 Å². The molecule has 0 saturated heterocycles. The molecule has 0 heterocycles. The lowest BCUT2D eigenvalue weighted by Crippen LogP contribution is -2.15. The molecule has 0 spiro atoms. The summed E-state index contributed by atoms with van der Waals surface area (Å²) < 4.78 is 2.01. The summed E-state index contributed by atoms with van der Waals surface area (Å²) in [5.41, 5.74) is 6.94. The smallest absolute Gasteiger partial charge is 0.227 e. The molecule has 26 heavy (non-hydrogen) atoms. The van der Waals surface area contributed by atoms with Gasteiger partial charge in [0.15, 0.2) is 0 Å². The maximum Gasteiger partial charge on any atom is 0.227 e. The molecule has 0 bridgehead atoms. The van der Waals surface area contributed by atoms with Crippen LogP contribution in [0.1, 0.15) is 17.5 Å². The van der Waals surface area contributed by atoms with Crippen LogP contribution < -0.4 is 0 Å². The third kappa shape index (κ3) is 3.60. The van der Waals surface area contributed by atoms with Gasteiger partial charge in [-0.2, -0.15) is 0 Å². The molecular weight excluding hydrogens is 314 g/mol. The molecule has 1 unspecified atom stereocenters. The highest BCUT2D eigenvalue weighted by atomic mass is 14.9. The minimum absolute atomic E-state index is 0.237. The van der Waals surface area contributed by atoms with Gasteiger partial charge in [-0.15, -0.1) is 6.42 Å². The number of hydrogen-bond acceptors (Lipinski definition) is 0. The third-order valence-electron chi connectivity index (χ3n) is 4.80. The van der Waals surface area contributed by atoms with Crippen LogP contribution in [-0.2, 0) is 0 Å². The zero-order valence-electron chi connectivity index (χ0n) is 15.4. The second-order valence-corrected chi connectivity index (χ2v) is 6.70. The molecule has 0 fully saturated rings. The monoisotopic (exact) mass is 338 g/mol. The van der Waals surface area contributed by atoms with Crippen molar-refractivity contribution in [1.29, 1.82) is 0 Å². The van der Waals surface area contributed by atoms with E-state index in [4.69, 9.17) is 6.42 Å². The fraction of sp³-hybridized carbons (Fsp3) is 0.160. The Balaban J connectivity index is 2.06. The SMILES string of the molecule is C#CC(CC1C=CC(=C(c2ccccc2)c2ccccc2)C1=C)=[N+](C)C. The van der Waals surface area contributed by atoms with E-state index in [2.05, 4.69) is 73.2 Å². The molecule has 0 radical (unpaired) electrons. The summed E-state index contributed by atoms with van der Waals surface area (Å²) >= 11 is 0. The van der Waals surface area contributed by atoms with Gasteiger partial charge < -0.3 is 0 Å². The predicted molar refractivity (Wildman–Crippen MR) is 111 cm³/mol. The molecule has 0 saturated carbocycles. The highest BCUT2D eigenvalue weighted by molar-refractivity contribution is 5.97. The first-order chi connectivity index (χ1) is 12.6. The van der Waals surface area contributed by atoms with Gasteiger partial charge in [-0.05, 0) is 33.8 Å². The Labute approximate surface area is 156 Å². The maximum absolute atomic E-state index is 5.68. The van der Waals surface area contributed by atoms with Gasteiger partial charge in [0.25, 0.3) is 0 Å². The summed E-state index contributed by atoms with van der Waals surface area (Å²) in [5.74, 6) is 3.04. The van der Waals surface area contributed by atoms with Gasteiger partial charge in [-0.25, -0.2) is 4.58 Å². The fourth-order valence-electron chi connectivity index (χ4n) is 3.34. The summed E-state index contributed by atoms with van der Waals surface area (Å²) in [6.45, 7) is 4.41. The Morgan fingerprint density at radius 3 is 2.00 bits per heavy atom. The van der Waals surface area contributed by atoms with E-state index in [1.165, 1.54) is 22.3 Å². The van der Waals surface area contributed by atoms with Gasteiger partial charge in [-0.1, -0.05) is 79.4 Å². The van der Waals surface area contributed by atoms with Gasteiger partial charge >= 0.3 is 0 Å². The predicted octanol–water partition coefficient (Wildman–Crippen LogP) is 4.97. The normalized spacial score (nSPS) is 15.7. The molecule has 0 N–H and O–H groups in total. The van der Waals surface area contributed by atoms with Crippen molar-refractivity contribution in [1.82, 2.24) is 0 Å². The molecule has 2 aromatic carbocycles. The van der Waals surface area contributed by atoms with Crippen LogP contribution in [0.4, 0.5) is 0 Å². The van der Waals surface area contributed by atoms with Crippen LogP contribution in [0.2, 0.25) is 0 Å². The number of benzene rings is 2. The fourth-order valence-corrected chi connectivity index (χ4v) is 3.34. The zero-order chi connectivity index (χ0) is 18.5. The molecule has 1 aliphatic carbocycles. The molecule has 1 nitrogen and oxygen atoms in total. The van der Waals surface area contributed by atoms with Crippen molar-refractivity contribution in [2.45, 2.75) is 6.42 Å². The third-order valence-corrected chi connectivity index (χ3v) is 4.80. The van der Waals surface area contributed by atoms with Crippen LogP contribution in [0.25, 0.3) is 5.57 Å². The number of hydrogen-bond donors (Lipinski definition) is 0. The van der Waals surface area contributed by atoms with Gasteiger partial charge in [0.1, 0.15) is 14.1 Å². The van der Waals surface area contributed by atoms with Gasteiger partial charge in [0, 0.05) is 5.92 Å². The second-order valence-electron chi connectivity index (χ2n) is 6.70. The number of nitrogens with zero attached hydrogens (tertiary/aromatic N) is 1. The first-order valence-corrected chi connectivity index (χ1v) is 8.84. The van der Waals surface area contributed by atoms with E-state index in [0.717, 1.165) is 17.7 Å². The molecule has 1 aliphatic rings. The molecule has 1 atom stereocenters. The van der Waals surface area contributed by atoms with Gasteiger partial charge in [0.05, 0.1) is 6.42 Å². The highest BCUT2D eigenvalue weighted by Crippen LogP contribution is 2.38. The average molecular weight is 338 g/mol. The molecule has 0 aliphatic heterocycles. The van der Waals surface area contributed by atoms with Crippen LogP contribution in [-0.4, -0.2) is 24.4 Å². The topological polar surface area (TPSA) is 3.01 Å². The Kier molecular flexibility index (Phi) is 5.34. The lowest BCUT2D eigenvalue weighted by molar-refractivity contribution is -0.464. The van der Waals surface area contributed by atoms with Crippen LogP contribution in [0.15, 0.2) is 90.5 Å². The van der Waals surface area contributed by atoms with Crippen LogP contribution in [0.5, 0.6) is 0 Å². The van der Waals surface area contributed by atoms with Crippen molar-refractivity contribution in [3.63, 3.8) is 0 Å². The minimum atomic E-state index is 0.237. The van der Waals surface area contributed by atoms with Crippen molar-refractivity contribution in [2.75, 3.05) is 14.1 Å². The Bertz CT molecular complexity index is 889. The van der Waals surface area contributed by atoms with E-state index in [9.17, 15) is 0 Å². The van der Waals surface area contributed by atoms with E-state index in [0.29, 0.717) is 0 Å². The number of terminal acetylenes is 1. The lowest BCUT2D eigenvalue weighted by Gasteiger charge is -2.15. The standard InChI is InChI=1S/C25H24N/c1-5-23(26(3)4)18-22-16-17-24(19(22)2)25(20-12-8-6-9-13-20)21-14-10-7-11-15-21/h1,6-17,22H,2,18H2,3-4H3/q+1. The van der Waals surface area contributed by atoms with E-state index < -0.39 is 0 Å². The molecule has 3 rings (SSSR count). The molecule has 128 valence electrons. The molecule has 2 aromatic rings. The Morgan fingerprint density at radius 2 is 1.54 bits per heavy atom. The summed E-state index contributed by atoms with van der Waals surface area (Å²) in [5, 5.41) is 0.